The number of carbonyl (C=O) groups excluding carboxylic acids is 2. The Morgan fingerprint density at radius 3 is 2.34 bits per heavy atom. The summed E-state index contributed by atoms with van der Waals surface area (Å²) < 4.78 is 11.4. The Morgan fingerprint density at radius 2 is 1.77 bits per heavy atom. The normalized spacial score (nSPS) is 27.4. The lowest BCUT2D eigenvalue weighted by Gasteiger charge is -2.54. The summed E-state index contributed by atoms with van der Waals surface area (Å²) in [4.78, 5) is 36.4. The number of carbonyl (C=O) groups is 3. The van der Waals surface area contributed by atoms with Crippen molar-refractivity contribution in [3.05, 3.63) is 17.9 Å². The van der Waals surface area contributed by atoms with E-state index in [0.29, 0.717) is 16.7 Å². The Hall–Kier alpha value is -2.49. The fraction of sp³-hybridized carbons (Fsp3) is 0.680. The number of thioether (sulfide) groups is 1. The highest BCUT2D eigenvalue weighted by Gasteiger charge is 2.49. The molecule has 0 unspecified atom stereocenters. The Morgan fingerprint density at radius 1 is 1.14 bits per heavy atom. The second-order valence-corrected chi connectivity index (χ2v) is 12.7. The van der Waals surface area contributed by atoms with Gasteiger partial charge in [-0.3, -0.25) is 9.59 Å². The van der Waals surface area contributed by atoms with Crippen molar-refractivity contribution in [1.82, 2.24) is 15.8 Å². The third-order valence-corrected chi connectivity index (χ3v) is 8.18. The van der Waals surface area contributed by atoms with Gasteiger partial charge < -0.3 is 25.0 Å². The van der Waals surface area contributed by atoms with Gasteiger partial charge >= 0.3 is 5.97 Å². The molecule has 0 spiro atoms. The summed E-state index contributed by atoms with van der Waals surface area (Å²) >= 11 is 1.45. The van der Waals surface area contributed by atoms with E-state index in [4.69, 9.17) is 14.4 Å². The molecule has 5 rings (SSSR count). The van der Waals surface area contributed by atoms with Gasteiger partial charge in [0.15, 0.2) is 0 Å². The molecular formula is C25H35N3O6S. The van der Waals surface area contributed by atoms with Crippen molar-refractivity contribution in [2.75, 3.05) is 6.61 Å². The zero-order chi connectivity index (χ0) is 25.3. The lowest BCUT2D eigenvalue weighted by Crippen LogP contribution is -2.55. The van der Waals surface area contributed by atoms with Crippen LogP contribution >= 0.6 is 11.8 Å². The zero-order valence-corrected chi connectivity index (χ0v) is 21.5. The monoisotopic (exact) mass is 505 g/mol. The van der Waals surface area contributed by atoms with E-state index in [0.717, 1.165) is 24.0 Å². The summed E-state index contributed by atoms with van der Waals surface area (Å²) in [5.74, 6) is 1.13. The van der Waals surface area contributed by atoms with Crippen molar-refractivity contribution in [2.24, 2.45) is 23.7 Å². The van der Waals surface area contributed by atoms with E-state index in [1.807, 2.05) is 13.8 Å². The molecule has 9 nitrogen and oxygen atoms in total. The van der Waals surface area contributed by atoms with Crippen molar-refractivity contribution in [3.8, 4) is 5.88 Å². The third-order valence-electron chi connectivity index (χ3n) is 7.11. The minimum atomic E-state index is -1.20. The predicted octanol–water partition coefficient (Wildman–Crippen LogP) is 3.64. The minimum Gasteiger partial charge on any atom is -0.478 e. The van der Waals surface area contributed by atoms with Crippen LogP contribution in [0.3, 0.4) is 0 Å². The van der Waals surface area contributed by atoms with Crippen LogP contribution in [0.15, 0.2) is 21.6 Å². The first-order chi connectivity index (χ1) is 16.5. The van der Waals surface area contributed by atoms with Crippen molar-refractivity contribution in [1.29, 1.82) is 0 Å². The van der Waals surface area contributed by atoms with Crippen LogP contribution in [0.4, 0.5) is 0 Å². The molecule has 0 saturated heterocycles. The number of carboxylic acids is 1. The number of aromatic nitrogens is 1. The molecule has 4 aliphatic rings. The van der Waals surface area contributed by atoms with Gasteiger partial charge in [-0.25, -0.2) is 4.79 Å². The van der Waals surface area contributed by atoms with Crippen molar-refractivity contribution < 1.29 is 28.8 Å². The molecule has 35 heavy (non-hydrogen) atoms. The molecule has 0 radical (unpaired) electrons. The van der Waals surface area contributed by atoms with Crippen molar-refractivity contribution in [3.63, 3.8) is 0 Å². The number of nitrogens with zero attached hydrogens (tertiary/aromatic N) is 1. The van der Waals surface area contributed by atoms with Crippen LogP contribution in [0.25, 0.3) is 0 Å². The lowest BCUT2D eigenvalue weighted by molar-refractivity contribution is -0.131. The van der Waals surface area contributed by atoms with E-state index in [1.54, 1.807) is 13.8 Å². The van der Waals surface area contributed by atoms with Crippen LogP contribution in [0.5, 0.6) is 5.88 Å². The number of aliphatic carboxylic acids is 1. The predicted molar refractivity (Wildman–Crippen MR) is 130 cm³/mol. The number of hydrogen-bond acceptors (Lipinski definition) is 7. The fourth-order valence-electron chi connectivity index (χ4n) is 6.03. The summed E-state index contributed by atoms with van der Waals surface area (Å²) in [7, 11) is 0. The van der Waals surface area contributed by atoms with E-state index < -0.39 is 17.4 Å². The second-order valence-electron chi connectivity index (χ2n) is 11.1. The van der Waals surface area contributed by atoms with Crippen LogP contribution < -0.4 is 15.4 Å². The van der Waals surface area contributed by atoms with Gasteiger partial charge in [0, 0.05) is 23.4 Å². The van der Waals surface area contributed by atoms with Crippen molar-refractivity contribution >= 4 is 29.5 Å². The highest BCUT2D eigenvalue weighted by atomic mass is 32.2. The molecule has 4 fully saturated rings. The highest BCUT2D eigenvalue weighted by Crippen LogP contribution is 2.53. The summed E-state index contributed by atoms with van der Waals surface area (Å²) in [6, 6.07) is 0.190. The van der Waals surface area contributed by atoms with Crippen LogP contribution in [-0.4, -0.2) is 51.5 Å². The van der Waals surface area contributed by atoms with Gasteiger partial charge in [0.25, 0.3) is 11.8 Å². The summed E-state index contributed by atoms with van der Waals surface area (Å²) in [6.45, 7) is 7.57. The summed E-state index contributed by atoms with van der Waals surface area (Å²) in [5, 5.41) is 18.8. The van der Waals surface area contributed by atoms with E-state index >= 15 is 0 Å². The standard InChI is InChI=1S/C25H35N3O6S/c1-13(2)35-22-21(23(32)26-20-16-8-14-7-15(10-16)11-17(20)9-14)34-28-24(22)33-12-25(3,4)27-18(29)5-6-19(30)31/h5-6,13-17,20H,7-12H2,1-4H3,(H,26,32)(H,27,29)(H,30,31)/b6-5+. The van der Waals surface area contributed by atoms with Crippen LogP contribution in [0, 0.1) is 23.7 Å². The SMILES string of the molecule is CC(C)Sc1c(OCC(C)(C)NC(=O)/C=C/C(=O)O)noc1C(=O)NC1C2CC3CC(C2)CC1C3. The Bertz CT molecular complexity index is 973. The van der Waals surface area contributed by atoms with Gasteiger partial charge in [-0.05, 0) is 74.8 Å². The molecule has 1 heterocycles. The molecule has 1 aromatic rings. The van der Waals surface area contributed by atoms with Gasteiger partial charge in [-0.2, -0.15) is 0 Å². The number of nitrogens with one attached hydrogen (secondary N) is 2. The molecule has 4 saturated carbocycles. The van der Waals surface area contributed by atoms with Gasteiger partial charge in [-0.15, -0.1) is 11.8 Å². The topological polar surface area (TPSA) is 131 Å². The smallest absolute Gasteiger partial charge is 0.328 e. The molecule has 1 aromatic heterocycles. The summed E-state index contributed by atoms with van der Waals surface area (Å²) in [6.07, 6.45) is 7.91. The third kappa shape index (κ3) is 6.20. The lowest BCUT2D eigenvalue weighted by atomic mass is 9.54. The molecular weight excluding hydrogens is 470 g/mol. The van der Waals surface area contributed by atoms with Gasteiger partial charge in [-0.1, -0.05) is 13.8 Å². The number of rotatable bonds is 10. The van der Waals surface area contributed by atoms with Gasteiger partial charge in [0.2, 0.25) is 11.7 Å². The molecule has 4 aliphatic carbocycles. The van der Waals surface area contributed by atoms with Crippen LogP contribution in [0.2, 0.25) is 0 Å². The molecule has 0 aromatic carbocycles. The molecule has 4 bridgehead atoms. The maximum absolute atomic E-state index is 13.3. The fourth-order valence-corrected chi connectivity index (χ4v) is 6.93. The molecule has 192 valence electrons. The first-order valence-electron chi connectivity index (χ1n) is 12.3. The minimum absolute atomic E-state index is 0.0500. The van der Waals surface area contributed by atoms with E-state index in [1.165, 1.54) is 43.9 Å². The quantitative estimate of drug-likeness (QED) is 0.324. The first kappa shape index (κ1) is 25.6. The first-order valence-corrected chi connectivity index (χ1v) is 13.2. The zero-order valence-electron chi connectivity index (χ0n) is 20.7. The number of amides is 2. The number of ether oxygens (including phenoxy) is 1. The van der Waals surface area contributed by atoms with Gasteiger partial charge in [0.05, 0.1) is 5.54 Å². The number of hydrogen-bond donors (Lipinski definition) is 3. The molecule has 0 atom stereocenters. The summed E-state index contributed by atoms with van der Waals surface area (Å²) in [5.41, 5.74) is -0.818. The molecule has 10 heteroatoms. The van der Waals surface area contributed by atoms with E-state index in [2.05, 4.69) is 15.8 Å². The Balaban J connectivity index is 1.42. The molecule has 0 aliphatic heterocycles. The second kappa shape index (κ2) is 10.2. The maximum Gasteiger partial charge on any atom is 0.328 e. The number of carboxylic acid groups (broad SMARTS) is 1. The molecule has 3 N–H and O–H groups in total. The highest BCUT2D eigenvalue weighted by molar-refractivity contribution is 8.00. The average Bonchev–Trinajstić information content (AvgIpc) is 3.14. The van der Waals surface area contributed by atoms with Gasteiger partial charge in [0.1, 0.15) is 11.5 Å². The van der Waals surface area contributed by atoms with Crippen molar-refractivity contribution in [2.45, 2.75) is 81.5 Å². The Kier molecular flexibility index (Phi) is 7.49. The molecule has 2 amide bonds. The van der Waals surface area contributed by atoms with Crippen LogP contribution in [0.1, 0.15) is 70.4 Å². The van der Waals surface area contributed by atoms with Crippen LogP contribution in [-0.2, 0) is 9.59 Å². The Labute approximate surface area is 209 Å². The van der Waals surface area contributed by atoms with E-state index in [9.17, 15) is 14.4 Å². The van der Waals surface area contributed by atoms with E-state index in [-0.39, 0.29) is 35.4 Å². The average molecular weight is 506 g/mol. The largest absolute Gasteiger partial charge is 0.478 e. The maximum atomic E-state index is 13.3.